The van der Waals surface area contributed by atoms with Gasteiger partial charge in [0.15, 0.2) is 9.84 Å². The maximum absolute atomic E-state index is 12.1. The van der Waals surface area contributed by atoms with Crippen molar-refractivity contribution in [2.24, 2.45) is 5.92 Å². The van der Waals surface area contributed by atoms with Crippen LogP contribution in [0, 0.1) is 17.2 Å². The first-order valence-electron chi connectivity index (χ1n) is 6.48. The Kier molecular flexibility index (Phi) is 3.83. The van der Waals surface area contributed by atoms with Crippen LogP contribution in [-0.2, 0) is 14.6 Å². The lowest BCUT2D eigenvalue weighted by Crippen LogP contribution is -2.55. The average molecular weight is 285 g/mol. The Bertz CT molecular complexity index is 501. The number of hydrogen-bond donors (Lipinski definition) is 1. The SMILES string of the molecule is CN1CCC(C#N)(NC(=O)C2CCS(=O)(=O)C2)CC1. The fourth-order valence-corrected chi connectivity index (χ4v) is 4.35. The van der Waals surface area contributed by atoms with E-state index in [2.05, 4.69) is 16.3 Å². The molecule has 0 aromatic carbocycles. The summed E-state index contributed by atoms with van der Waals surface area (Å²) in [5, 5.41) is 12.1. The molecule has 1 N–H and O–H groups in total. The maximum Gasteiger partial charge on any atom is 0.225 e. The van der Waals surface area contributed by atoms with E-state index in [9.17, 15) is 18.5 Å². The summed E-state index contributed by atoms with van der Waals surface area (Å²) in [6.45, 7) is 1.52. The van der Waals surface area contributed by atoms with Gasteiger partial charge in [-0.15, -0.1) is 0 Å². The average Bonchev–Trinajstić information content (AvgIpc) is 2.73. The zero-order chi connectivity index (χ0) is 14.1. The van der Waals surface area contributed by atoms with Crippen molar-refractivity contribution < 1.29 is 13.2 Å². The Morgan fingerprint density at radius 2 is 2.05 bits per heavy atom. The minimum Gasteiger partial charge on any atom is -0.337 e. The summed E-state index contributed by atoms with van der Waals surface area (Å²) in [6, 6.07) is 2.21. The van der Waals surface area contributed by atoms with Gasteiger partial charge in [0, 0.05) is 13.1 Å². The van der Waals surface area contributed by atoms with Gasteiger partial charge in [0.25, 0.3) is 0 Å². The van der Waals surface area contributed by atoms with Gasteiger partial charge in [0.1, 0.15) is 5.54 Å². The zero-order valence-corrected chi connectivity index (χ0v) is 11.9. The lowest BCUT2D eigenvalue weighted by Gasteiger charge is -2.36. The first kappa shape index (κ1) is 14.3. The molecule has 2 saturated heterocycles. The molecule has 0 aromatic rings. The fraction of sp³-hybridized carbons (Fsp3) is 0.833. The molecule has 1 amide bonds. The largest absolute Gasteiger partial charge is 0.337 e. The highest BCUT2D eigenvalue weighted by Gasteiger charge is 2.39. The lowest BCUT2D eigenvalue weighted by atomic mass is 9.88. The smallest absolute Gasteiger partial charge is 0.225 e. The molecular formula is C12H19N3O3S. The third kappa shape index (κ3) is 3.25. The molecule has 2 heterocycles. The number of amides is 1. The van der Waals surface area contributed by atoms with Gasteiger partial charge < -0.3 is 10.2 Å². The number of sulfone groups is 1. The standard InChI is InChI=1S/C12H19N3O3S/c1-15-5-3-12(9-13,4-6-15)14-11(16)10-2-7-19(17,18)8-10/h10H,2-8H2,1H3,(H,14,16). The minimum absolute atomic E-state index is 0.0768. The molecular weight excluding hydrogens is 266 g/mol. The molecule has 2 aliphatic rings. The molecule has 19 heavy (non-hydrogen) atoms. The van der Waals surface area contributed by atoms with Crippen molar-refractivity contribution in [3.63, 3.8) is 0 Å². The molecule has 0 aromatic heterocycles. The van der Waals surface area contributed by atoms with Crippen LogP contribution in [0.2, 0.25) is 0 Å². The number of likely N-dealkylation sites (tertiary alicyclic amines) is 1. The molecule has 1 unspecified atom stereocenters. The number of hydrogen-bond acceptors (Lipinski definition) is 5. The van der Waals surface area contributed by atoms with Crippen LogP contribution in [0.5, 0.6) is 0 Å². The molecule has 2 rings (SSSR count). The van der Waals surface area contributed by atoms with Crippen LogP contribution >= 0.6 is 0 Å². The van der Waals surface area contributed by atoms with E-state index in [1.807, 2.05) is 7.05 Å². The van der Waals surface area contributed by atoms with E-state index >= 15 is 0 Å². The molecule has 1 atom stereocenters. The first-order chi connectivity index (χ1) is 8.86. The van der Waals surface area contributed by atoms with Crippen molar-refractivity contribution in [2.45, 2.75) is 24.8 Å². The van der Waals surface area contributed by atoms with Crippen LogP contribution in [0.25, 0.3) is 0 Å². The van der Waals surface area contributed by atoms with E-state index in [-0.39, 0.29) is 17.4 Å². The number of piperidine rings is 1. The number of carbonyl (C=O) groups excluding carboxylic acids is 1. The molecule has 0 aliphatic carbocycles. The predicted molar refractivity (Wildman–Crippen MR) is 70.0 cm³/mol. The number of nitrogens with one attached hydrogen (secondary N) is 1. The van der Waals surface area contributed by atoms with Crippen molar-refractivity contribution >= 4 is 15.7 Å². The Labute approximate surface area is 113 Å². The molecule has 0 saturated carbocycles. The van der Waals surface area contributed by atoms with Crippen LogP contribution in [0.15, 0.2) is 0 Å². The van der Waals surface area contributed by atoms with E-state index in [0.717, 1.165) is 13.1 Å². The quantitative estimate of drug-likeness (QED) is 0.740. The second-order valence-electron chi connectivity index (χ2n) is 5.59. The van der Waals surface area contributed by atoms with Crippen LogP contribution < -0.4 is 5.32 Å². The summed E-state index contributed by atoms with van der Waals surface area (Å²) in [5.41, 5.74) is -0.823. The lowest BCUT2D eigenvalue weighted by molar-refractivity contribution is -0.126. The van der Waals surface area contributed by atoms with Gasteiger partial charge in [0.2, 0.25) is 5.91 Å². The van der Waals surface area contributed by atoms with E-state index in [1.165, 1.54) is 0 Å². The van der Waals surface area contributed by atoms with Gasteiger partial charge in [-0.25, -0.2) is 8.42 Å². The second-order valence-corrected chi connectivity index (χ2v) is 7.82. The third-order valence-electron chi connectivity index (χ3n) is 4.02. The number of nitriles is 1. The van der Waals surface area contributed by atoms with Gasteiger partial charge in [-0.3, -0.25) is 4.79 Å². The highest BCUT2D eigenvalue weighted by molar-refractivity contribution is 7.91. The summed E-state index contributed by atoms with van der Waals surface area (Å²) in [6.07, 6.45) is 1.55. The van der Waals surface area contributed by atoms with Gasteiger partial charge in [0.05, 0.1) is 23.5 Å². The minimum atomic E-state index is -3.07. The van der Waals surface area contributed by atoms with Crippen molar-refractivity contribution in [2.75, 3.05) is 31.6 Å². The summed E-state index contributed by atoms with van der Waals surface area (Å²) >= 11 is 0. The molecule has 2 fully saturated rings. The molecule has 7 heteroatoms. The second kappa shape index (κ2) is 5.10. The number of carbonyl (C=O) groups is 1. The van der Waals surface area contributed by atoms with Crippen LogP contribution in [-0.4, -0.2) is 56.4 Å². The highest BCUT2D eigenvalue weighted by Crippen LogP contribution is 2.24. The molecule has 6 nitrogen and oxygen atoms in total. The fourth-order valence-electron chi connectivity index (χ4n) is 2.60. The van der Waals surface area contributed by atoms with Crippen molar-refractivity contribution in [1.29, 1.82) is 5.26 Å². The monoisotopic (exact) mass is 285 g/mol. The normalized spacial score (nSPS) is 29.6. The molecule has 0 bridgehead atoms. The Balaban J connectivity index is 2.00. The highest BCUT2D eigenvalue weighted by atomic mass is 32.2. The van der Waals surface area contributed by atoms with Crippen LogP contribution in [0.3, 0.4) is 0 Å². The van der Waals surface area contributed by atoms with E-state index in [4.69, 9.17) is 0 Å². The number of rotatable bonds is 2. The van der Waals surface area contributed by atoms with Crippen molar-refractivity contribution in [1.82, 2.24) is 10.2 Å². The molecule has 106 valence electrons. The third-order valence-corrected chi connectivity index (χ3v) is 5.79. The van der Waals surface area contributed by atoms with Gasteiger partial charge in [-0.2, -0.15) is 5.26 Å². The van der Waals surface area contributed by atoms with E-state index in [0.29, 0.717) is 19.3 Å². The van der Waals surface area contributed by atoms with E-state index < -0.39 is 21.3 Å². The first-order valence-corrected chi connectivity index (χ1v) is 8.30. The van der Waals surface area contributed by atoms with Gasteiger partial charge in [-0.1, -0.05) is 0 Å². The van der Waals surface area contributed by atoms with E-state index in [1.54, 1.807) is 0 Å². The van der Waals surface area contributed by atoms with Crippen molar-refractivity contribution in [3.8, 4) is 6.07 Å². The summed E-state index contributed by atoms with van der Waals surface area (Å²) in [5.74, 6) is -0.782. The van der Waals surface area contributed by atoms with Crippen molar-refractivity contribution in [3.05, 3.63) is 0 Å². The van der Waals surface area contributed by atoms with Gasteiger partial charge in [-0.05, 0) is 26.3 Å². The summed E-state index contributed by atoms with van der Waals surface area (Å²) in [7, 11) is -1.09. The summed E-state index contributed by atoms with van der Waals surface area (Å²) in [4.78, 5) is 14.2. The topological polar surface area (TPSA) is 90.3 Å². The zero-order valence-electron chi connectivity index (χ0n) is 11.1. The van der Waals surface area contributed by atoms with Gasteiger partial charge >= 0.3 is 0 Å². The Morgan fingerprint density at radius 1 is 1.42 bits per heavy atom. The summed E-state index contributed by atoms with van der Waals surface area (Å²) < 4.78 is 22.8. The predicted octanol–water partition coefficient (Wildman–Crippen LogP) is -0.475. The number of nitrogens with zero attached hydrogens (tertiary/aromatic N) is 2. The molecule has 0 radical (unpaired) electrons. The molecule has 0 spiro atoms. The molecule has 2 aliphatic heterocycles. The Hall–Kier alpha value is -1.13. The van der Waals surface area contributed by atoms with Crippen LogP contribution in [0.1, 0.15) is 19.3 Å². The maximum atomic E-state index is 12.1. The Morgan fingerprint density at radius 3 is 2.53 bits per heavy atom. The van der Waals surface area contributed by atoms with Crippen LogP contribution in [0.4, 0.5) is 0 Å².